The van der Waals surface area contributed by atoms with Crippen molar-refractivity contribution < 1.29 is 9.59 Å². The summed E-state index contributed by atoms with van der Waals surface area (Å²) in [6, 6.07) is 17.2. The number of carbonyl (C=O) groups excluding carboxylic acids is 2. The second kappa shape index (κ2) is 10.3. The number of carbonyl (C=O) groups is 2. The van der Waals surface area contributed by atoms with Gasteiger partial charge >= 0.3 is 0 Å². The molecule has 0 bridgehead atoms. The Morgan fingerprint density at radius 3 is 2.38 bits per heavy atom. The second-order valence-corrected chi connectivity index (χ2v) is 7.81. The van der Waals surface area contributed by atoms with Crippen LogP contribution in [-0.2, 0) is 4.79 Å². The molecule has 0 aliphatic rings. The third-order valence-electron chi connectivity index (χ3n) is 4.47. The summed E-state index contributed by atoms with van der Waals surface area (Å²) in [6.45, 7) is 1.40. The van der Waals surface area contributed by atoms with Gasteiger partial charge < -0.3 is 5.73 Å². The van der Waals surface area contributed by atoms with Crippen LogP contribution in [0.1, 0.15) is 16.6 Å². The largest absolute Gasteiger partial charge is 0.365 e. The predicted molar refractivity (Wildman–Crippen MR) is 129 cm³/mol. The molecule has 4 heterocycles. The van der Waals surface area contributed by atoms with Crippen LogP contribution in [0.25, 0.3) is 16.9 Å². The Morgan fingerprint density at radius 2 is 1.79 bits per heavy atom. The van der Waals surface area contributed by atoms with Crippen molar-refractivity contribution in [2.75, 3.05) is 5.01 Å². The summed E-state index contributed by atoms with van der Waals surface area (Å²) < 4.78 is 1.58. The molecular formula is C23H20N8O2S. The van der Waals surface area contributed by atoms with E-state index in [0.29, 0.717) is 27.7 Å². The maximum absolute atomic E-state index is 11.7. The molecule has 0 aliphatic carbocycles. The van der Waals surface area contributed by atoms with Crippen LogP contribution in [0, 0.1) is 0 Å². The standard InChI is InChI=1S/C17H14N8O2S.C6H6/c1-10(26)23-24(12-3-2-4-19-6-12)16-17-21-9-22-25(17)13(7-20-16)11-5-14(15(18)27)28-8-11;1-2-4-6-5-3-1/h2-9H,1H3,(H2,18,27)(H,23,26);1-6H. The van der Waals surface area contributed by atoms with Crippen molar-refractivity contribution in [1.82, 2.24) is 30.0 Å². The fourth-order valence-electron chi connectivity index (χ4n) is 3.03. The molecule has 5 rings (SSSR count). The van der Waals surface area contributed by atoms with E-state index < -0.39 is 5.91 Å². The van der Waals surface area contributed by atoms with Crippen LogP contribution in [0.3, 0.4) is 0 Å². The highest BCUT2D eigenvalue weighted by atomic mass is 32.1. The molecule has 5 aromatic rings. The molecule has 0 saturated carbocycles. The zero-order valence-electron chi connectivity index (χ0n) is 18.1. The summed E-state index contributed by atoms with van der Waals surface area (Å²) in [6.07, 6.45) is 6.21. The van der Waals surface area contributed by atoms with Gasteiger partial charge in [-0.15, -0.1) is 11.3 Å². The van der Waals surface area contributed by atoms with Gasteiger partial charge in [-0.2, -0.15) is 5.10 Å². The number of nitrogens with two attached hydrogens (primary N) is 1. The van der Waals surface area contributed by atoms with Crippen LogP contribution in [0.5, 0.6) is 0 Å². The summed E-state index contributed by atoms with van der Waals surface area (Å²) in [7, 11) is 0. The van der Waals surface area contributed by atoms with Crippen molar-refractivity contribution in [3.05, 3.63) is 89.8 Å². The van der Waals surface area contributed by atoms with Crippen LogP contribution < -0.4 is 16.2 Å². The molecule has 10 nitrogen and oxygen atoms in total. The summed E-state index contributed by atoms with van der Waals surface area (Å²) in [5.41, 5.74) is 10.5. The smallest absolute Gasteiger partial charge is 0.258 e. The van der Waals surface area contributed by atoms with Crippen LogP contribution in [-0.4, -0.2) is 36.4 Å². The number of anilines is 2. The highest BCUT2D eigenvalue weighted by molar-refractivity contribution is 7.12. The SMILES string of the molecule is CC(=O)NN(c1cccnc1)c1ncc(-c2csc(C(N)=O)c2)n2ncnc12.c1ccccc1. The van der Waals surface area contributed by atoms with Gasteiger partial charge in [0.1, 0.15) is 6.33 Å². The lowest BCUT2D eigenvalue weighted by atomic mass is 10.2. The molecular weight excluding hydrogens is 452 g/mol. The first-order valence-corrected chi connectivity index (χ1v) is 11.0. The Bertz CT molecular complexity index is 1380. The number of thiophene rings is 1. The fourth-order valence-corrected chi connectivity index (χ4v) is 3.78. The van der Waals surface area contributed by atoms with Crippen LogP contribution in [0.15, 0.2) is 84.9 Å². The minimum Gasteiger partial charge on any atom is -0.365 e. The van der Waals surface area contributed by atoms with Gasteiger partial charge in [-0.25, -0.2) is 19.5 Å². The van der Waals surface area contributed by atoms with Crippen LogP contribution in [0.4, 0.5) is 11.5 Å². The molecule has 0 aliphatic heterocycles. The Labute approximate surface area is 198 Å². The lowest BCUT2D eigenvalue weighted by Crippen LogP contribution is -2.38. The van der Waals surface area contributed by atoms with Gasteiger partial charge in [0.2, 0.25) is 11.6 Å². The van der Waals surface area contributed by atoms with Crippen molar-refractivity contribution >= 4 is 40.3 Å². The van der Waals surface area contributed by atoms with E-state index in [0.717, 1.165) is 5.56 Å². The van der Waals surface area contributed by atoms with E-state index in [1.807, 2.05) is 36.4 Å². The van der Waals surface area contributed by atoms with Crippen molar-refractivity contribution in [2.45, 2.75) is 6.92 Å². The number of aromatic nitrogens is 5. The molecule has 3 N–H and O–H groups in total. The van der Waals surface area contributed by atoms with Gasteiger partial charge in [0, 0.05) is 24.1 Å². The van der Waals surface area contributed by atoms with Gasteiger partial charge in [0.15, 0.2) is 5.82 Å². The van der Waals surface area contributed by atoms with Crippen molar-refractivity contribution in [3.8, 4) is 11.3 Å². The predicted octanol–water partition coefficient (Wildman–Crippen LogP) is 3.22. The quantitative estimate of drug-likeness (QED) is 0.375. The Balaban J connectivity index is 0.000000398. The molecule has 0 saturated heterocycles. The number of nitrogens with one attached hydrogen (secondary N) is 1. The van der Waals surface area contributed by atoms with Gasteiger partial charge in [0.05, 0.1) is 28.7 Å². The number of pyridine rings is 1. The Hall–Kier alpha value is -4.64. The number of hydrogen-bond donors (Lipinski definition) is 2. The molecule has 170 valence electrons. The maximum atomic E-state index is 11.7. The lowest BCUT2D eigenvalue weighted by molar-refractivity contribution is -0.118. The topological polar surface area (TPSA) is 131 Å². The molecule has 4 aromatic heterocycles. The Morgan fingerprint density at radius 1 is 1.06 bits per heavy atom. The first-order chi connectivity index (χ1) is 16.5. The van der Waals surface area contributed by atoms with Crippen molar-refractivity contribution in [2.24, 2.45) is 5.73 Å². The van der Waals surface area contributed by atoms with E-state index in [1.54, 1.807) is 46.7 Å². The van der Waals surface area contributed by atoms with Gasteiger partial charge in [-0.05, 0) is 18.2 Å². The zero-order valence-corrected chi connectivity index (χ0v) is 18.9. The van der Waals surface area contributed by atoms with E-state index in [4.69, 9.17) is 5.73 Å². The fraction of sp³-hybridized carbons (Fsp3) is 0.0435. The number of fused-ring (bicyclic) bond motifs is 1. The minimum absolute atomic E-state index is 0.281. The van der Waals surface area contributed by atoms with E-state index in [1.165, 1.54) is 29.6 Å². The van der Waals surface area contributed by atoms with Gasteiger partial charge in [-0.1, -0.05) is 36.4 Å². The number of nitrogens with zero attached hydrogens (tertiary/aromatic N) is 6. The summed E-state index contributed by atoms with van der Waals surface area (Å²) >= 11 is 1.24. The molecule has 0 spiro atoms. The van der Waals surface area contributed by atoms with Gasteiger partial charge in [-0.3, -0.25) is 20.0 Å². The first kappa shape index (κ1) is 22.6. The zero-order chi connectivity index (χ0) is 23.9. The van der Waals surface area contributed by atoms with Gasteiger partial charge in [0.25, 0.3) is 5.91 Å². The molecule has 1 aromatic carbocycles. The number of hydrazine groups is 1. The monoisotopic (exact) mass is 472 g/mol. The number of hydrogen-bond acceptors (Lipinski definition) is 8. The third kappa shape index (κ3) is 5.05. The molecule has 0 unspecified atom stereocenters. The molecule has 2 amide bonds. The molecule has 34 heavy (non-hydrogen) atoms. The normalized spacial score (nSPS) is 10.3. The highest BCUT2D eigenvalue weighted by Gasteiger charge is 2.20. The van der Waals surface area contributed by atoms with E-state index in [-0.39, 0.29) is 5.91 Å². The number of benzene rings is 1. The molecule has 11 heteroatoms. The van der Waals surface area contributed by atoms with E-state index >= 15 is 0 Å². The van der Waals surface area contributed by atoms with E-state index in [2.05, 4.69) is 25.5 Å². The highest BCUT2D eigenvalue weighted by Crippen LogP contribution is 2.29. The molecule has 0 fully saturated rings. The third-order valence-corrected chi connectivity index (χ3v) is 5.42. The van der Waals surface area contributed by atoms with Crippen molar-refractivity contribution in [3.63, 3.8) is 0 Å². The second-order valence-electron chi connectivity index (χ2n) is 6.90. The molecule has 0 atom stereocenters. The summed E-state index contributed by atoms with van der Waals surface area (Å²) in [5.74, 6) is -0.407. The van der Waals surface area contributed by atoms with Crippen LogP contribution >= 0.6 is 11.3 Å². The lowest BCUT2D eigenvalue weighted by Gasteiger charge is -2.23. The van der Waals surface area contributed by atoms with Crippen LogP contribution in [0.2, 0.25) is 0 Å². The first-order valence-electron chi connectivity index (χ1n) is 10.1. The number of primary amides is 1. The molecule has 0 radical (unpaired) electrons. The summed E-state index contributed by atoms with van der Waals surface area (Å²) in [4.78, 5) is 36.4. The minimum atomic E-state index is -0.496. The number of amides is 2. The average Bonchev–Trinajstić information content (AvgIpc) is 3.55. The number of rotatable bonds is 5. The van der Waals surface area contributed by atoms with E-state index in [9.17, 15) is 9.59 Å². The average molecular weight is 473 g/mol. The maximum Gasteiger partial charge on any atom is 0.258 e. The van der Waals surface area contributed by atoms with Crippen molar-refractivity contribution in [1.29, 1.82) is 0 Å². The summed E-state index contributed by atoms with van der Waals surface area (Å²) in [5, 5.41) is 7.55. The Kier molecular flexibility index (Phi) is 6.84.